The number of para-hydroxylation sites is 1. The Kier molecular flexibility index (Phi) is 14.0. The summed E-state index contributed by atoms with van der Waals surface area (Å²) in [4.78, 5) is 57.3. The molecule has 2 aliphatic carbocycles. The first-order valence-corrected chi connectivity index (χ1v) is 19.7. The fraction of sp³-hybridized carbons (Fsp3) is 0.571. The molecule has 0 saturated heterocycles. The summed E-state index contributed by atoms with van der Waals surface area (Å²) < 4.78 is 11.4. The fourth-order valence-electron chi connectivity index (χ4n) is 8.56. The van der Waals surface area contributed by atoms with E-state index in [9.17, 15) is 34.5 Å². The molecule has 0 radical (unpaired) electrons. The second-order valence-electron chi connectivity index (χ2n) is 16.6. The number of rotatable bonds is 19. The number of likely N-dealkylation sites (N-methyl/N-ethyl adjacent to an activating group) is 1. The van der Waals surface area contributed by atoms with Gasteiger partial charge in [0.1, 0.15) is 36.1 Å². The van der Waals surface area contributed by atoms with E-state index in [0.29, 0.717) is 11.5 Å². The number of carbonyl (C=O) groups excluding carboxylic acids is 4. The highest BCUT2D eigenvalue weighted by atomic mass is 16.6. The first kappa shape index (κ1) is 43.6. The van der Waals surface area contributed by atoms with E-state index < -0.39 is 66.5 Å². The quantitative estimate of drug-likeness (QED) is 0.0800. The fourth-order valence-corrected chi connectivity index (χ4v) is 8.56. The van der Waals surface area contributed by atoms with E-state index in [1.807, 2.05) is 36.5 Å². The van der Waals surface area contributed by atoms with E-state index in [1.54, 1.807) is 31.2 Å². The molecule has 15 nitrogen and oxygen atoms in total. The van der Waals surface area contributed by atoms with Gasteiger partial charge < -0.3 is 56.2 Å². The molecule has 9 N–H and O–H groups in total. The molecule has 9 atom stereocenters. The molecule has 2 saturated carbocycles. The Morgan fingerprint density at radius 2 is 1.67 bits per heavy atom. The maximum Gasteiger partial charge on any atom is 0.408 e. The van der Waals surface area contributed by atoms with Gasteiger partial charge in [-0.1, -0.05) is 69.3 Å². The second kappa shape index (κ2) is 18.4. The lowest BCUT2D eigenvalue weighted by molar-refractivity contribution is -0.166. The highest BCUT2D eigenvalue weighted by Gasteiger charge is 2.63. The number of aromatic nitrogens is 1. The van der Waals surface area contributed by atoms with Crippen LogP contribution in [0.2, 0.25) is 0 Å². The number of nitrogens with one attached hydrogen (secondary N) is 5. The highest BCUT2D eigenvalue weighted by molar-refractivity contribution is 5.91. The monoisotopic (exact) mass is 793 g/mol. The SMILES string of the molecule is CNC[C@H](OC(=O)CCC(=O)N[C@@H](CNC(=O)[C@@](C)(Cc1c[nH]c2ccccc12)NC(=O)O[C@@H]1C[C@@H]2CC[C@@]1(C)C2(C)C)c1ccccc1)[C@@H](O)[C@H](O)[C@H](O)CO. The topological polar surface area (TPSA) is 232 Å². The highest BCUT2D eigenvalue weighted by Crippen LogP contribution is 2.66. The molecule has 57 heavy (non-hydrogen) atoms. The molecule has 2 bridgehead atoms. The van der Waals surface area contributed by atoms with Crippen molar-refractivity contribution in [1.29, 1.82) is 0 Å². The number of ether oxygens (including phenoxy) is 2. The molecule has 2 aromatic carbocycles. The van der Waals surface area contributed by atoms with Gasteiger partial charge in [0.05, 0.1) is 19.1 Å². The molecule has 3 amide bonds. The lowest BCUT2D eigenvalue weighted by Gasteiger charge is -2.39. The molecule has 0 aliphatic heterocycles. The second-order valence-corrected chi connectivity index (χ2v) is 16.6. The number of esters is 1. The maximum absolute atomic E-state index is 14.3. The van der Waals surface area contributed by atoms with E-state index in [4.69, 9.17) is 14.6 Å². The Bertz CT molecular complexity index is 1850. The first-order chi connectivity index (χ1) is 27.0. The van der Waals surface area contributed by atoms with Crippen LogP contribution in [0.25, 0.3) is 10.9 Å². The summed E-state index contributed by atoms with van der Waals surface area (Å²) in [6, 6.07) is 15.9. The van der Waals surface area contributed by atoms with E-state index >= 15 is 0 Å². The molecule has 2 aliphatic rings. The number of alkyl carbamates (subject to hydrolysis) is 1. The minimum Gasteiger partial charge on any atom is -0.458 e. The first-order valence-electron chi connectivity index (χ1n) is 19.7. The van der Waals surface area contributed by atoms with E-state index in [0.717, 1.165) is 35.7 Å². The van der Waals surface area contributed by atoms with Crippen LogP contribution in [0.3, 0.4) is 0 Å². The van der Waals surface area contributed by atoms with Gasteiger partial charge in [-0.2, -0.15) is 0 Å². The molecule has 2 fully saturated rings. The largest absolute Gasteiger partial charge is 0.458 e. The van der Waals surface area contributed by atoms with Gasteiger partial charge in [-0.05, 0) is 61.8 Å². The van der Waals surface area contributed by atoms with Crippen molar-refractivity contribution in [2.24, 2.45) is 16.7 Å². The van der Waals surface area contributed by atoms with Crippen LogP contribution >= 0.6 is 0 Å². The van der Waals surface area contributed by atoms with Crippen LogP contribution in [0.1, 0.15) is 77.0 Å². The van der Waals surface area contributed by atoms with Crippen molar-refractivity contribution in [3.63, 3.8) is 0 Å². The lowest BCUT2D eigenvalue weighted by atomic mass is 9.70. The number of fused-ring (bicyclic) bond motifs is 3. The molecular formula is C42H59N5O10. The molecule has 15 heteroatoms. The summed E-state index contributed by atoms with van der Waals surface area (Å²) in [6.45, 7) is 7.36. The summed E-state index contributed by atoms with van der Waals surface area (Å²) in [5, 5.41) is 51.8. The van der Waals surface area contributed by atoms with Crippen molar-refractivity contribution in [3.05, 3.63) is 71.9 Å². The zero-order chi connectivity index (χ0) is 41.5. The molecule has 5 rings (SSSR count). The number of hydrogen-bond acceptors (Lipinski definition) is 11. The smallest absolute Gasteiger partial charge is 0.408 e. The number of H-pyrrole nitrogens is 1. The van der Waals surface area contributed by atoms with Gasteiger partial charge >= 0.3 is 12.1 Å². The Morgan fingerprint density at radius 1 is 0.965 bits per heavy atom. The van der Waals surface area contributed by atoms with E-state index in [2.05, 4.69) is 47.0 Å². The number of aromatic amines is 1. The van der Waals surface area contributed by atoms with Crippen LogP contribution in [0, 0.1) is 16.7 Å². The van der Waals surface area contributed by atoms with Crippen LogP contribution in [-0.4, -0.2) is 112 Å². The zero-order valence-corrected chi connectivity index (χ0v) is 33.4. The van der Waals surface area contributed by atoms with Crippen molar-refractivity contribution < 1.29 is 49.1 Å². The average Bonchev–Trinajstić information content (AvgIpc) is 3.76. The van der Waals surface area contributed by atoms with Gasteiger partial charge in [-0.25, -0.2) is 4.79 Å². The lowest BCUT2D eigenvalue weighted by Crippen LogP contribution is -2.59. The number of amides is 3. The van der Waals surface area contributed by atoms with Gasteiger partial charge in [-0.3, -0.25) is 14.4 Å². The normalized spacial score (nSPS) is 23.4. The molecule has 0 spiro atoms. The van der Waals surface area contributed by atoms with Gasteiger partial charge in [0, 0.05) is 48.4 Å². The summed E-state index contributed by atoms with van der Waals surface area (Å²) in [6.07, 6.45) is -3.28. The minimum absolute atomic E-state index is 0.0198. The Labute approximate surface area is 333 Å². The number of hydrogen-bond donors (Lipinski definition) is 9. The molecule has 312 valence electrons. The summed E-state index contributed by atoms with van der Waals surface area (Å²) in [5.74, 6) is -1.41. The number of aliphatic hydroxyl groups is 4. The van der Waals surface area contributed by atoms with E-state index in [1.165, 1.54) is 7.05 Å². The van der Waals surface area contributed by atoms with Crippen LogP contribution in [-0.2, 0) is 30.3 Å². The molecule has 3 aromatic rings. The Hall–Kier alpha value is -4.54. The third-order valence-electron chi connectivity index (χ3n) is 12.6. The van der Waals surface area contributed by atoms with Crippen molar-refractivity contribution in [1.82, 2.24) is 26.3 Å². The summed E-state index contributed by atoms with van der Waals surface area (Å²) in [7, 11) is 1.53. The molecular weight excluding hydrogens is 734 g/mol. The number of carbonyl (C=O) groups is 4. The Balaban J connectivity index is 1.27. The van der Waals surface area contributed by atoms with E-state index in [-0.39, 0.29) is 49.3 Å². The van der Waals surface area contributed by atoms with Crippen molar-refractivity contribution >= 4 is 34.8 Å². The third-order valence-corrected chi connectivity index (χ3v) is 12.6. The third kappa shape index (κ3) is 9.78. The van der Waals surface area contributed by atoms with Crippen molar-refractivity contribution in [3.8, 4) is 0 Å². The minimum atomic E-state index is -1.78. The predicted octanol–water partition coefficient (Wildman–Crippen LogP) is 2.37. The molecule has 0 unspecified atom stereocenters. The van der Waals surface area contributed by atoms with Crippen LogP contribution in [0.5, 0.6) is 0 Å². The average molecular weight is 794 g/mol. The Morgan fingerprint density at radius 3 is 2.32 bits per heavy atom. The zero-order valence-electron chi connectivity index (χ0n) is 33.4. The van der Waals surface area contributed by atoms with Crippen molar-refractivity contribution in [2.75, 3.05) is 26.7 Å². The maximum atomic E-state index is 14.3. The van der Waals surface area contributed by atoms with Gasteiger partial charge in [0.15, 0.2) is 0 Å². The molecule has 1 heterocycles. The number of aliphatic hydroxyl groups excluding tert-OH is 4. The summed E-state index contributed by atoms with van der Waals surface area (Å²) >= 11 is 0. The number of benzene rings is 2. The van der Waals surface area contributed by atoms with Gasteiger partial charge in [0.25, 0.3) is 0 Å². The molecule has 1 aromatic heterocycles. The predicted molar refractivity (Wildman–Crippen MR) is 212 cm³/mol. The standard InChI is InChI=1S/C42H59N5O10/c1-40(2)27-17-18-41(40,3)33(19-27)57-39(55)47-42(4,20-26-21-44-29-14-10-9-13-28(26)29)38(54)45-22-30(25-11-7-6-8-12-25)46-34(50)15-16-35(51)56-32(23-43-5)37(53)36(52)31(49)24-48/h6-14,21,27,30-33,36-37,43-44,48-49,52-53H,15-20,22-24H2,1-5H3,(H,45,54)(H,46,50)(H,47,55)/t27-,30-,31+,32-,33+,36+,37+,41+,42+/m0/s1. The van der Waals surface area contributed by atoms with Crippen LogP contribution in [0.4, 0.5) is 4.79 Å². The van der Waals surface area contributed by atoms with Crippen molar-refractivity contribution in [2.45, 2.75) is 108 Å². The summed E-state index contributed by atoms with van der Waals surface area (Å²) in [5.41, 5.74) is 0.758. The van der Waals surface area contributed by atoms with Crippen LogP contribution in [0.15, 0.2) is 60.8 Å². The van der Waals surface area contributed by atoms with Gasteiger partial charge in [-0.15, -0.1) is 0 Å². The van der Waals surface area contributed by atoms with Gasteiger partial charge in [0.2, 0.25) is 11.8 Å². The van der Waals surface area contributed by atoms with Crippen LogP contribution < -0.4 is 21.3 Å².